The van der Waals surface area contributed by atoms with E-state index in [1.807, 2.05) is 44.2 Å². The van der Waals surface area contributed by atoms with Crippen LogP contribution < -0.4 is 20.6 Å². The Morgan fingerprint density at radius 3 is 2.53 bits per heavy atom. The van der Waals surface area contributed by atoms with Gasteiger partial charge in [0.15, 0.2) is 5.69 Å². The molecular formula is C27H20N4O3. The van der Waals surface area contributed by atoms with Crippen LogP contribution in [0.2, 0.25) is 0 Å². The van der Waals surface area contributed by atoms with Gasteiger partial charge in [0.25, 0.3) is 5.82 Å². The molecule has 1 heterocycles. The number of ether oxygens (including phenoxy) is 1. The first-order valence-corrected chi connectivity index (χ1v) is 10.5. The minimum atomic E-state index is -1.23. The molecule has 0 radical (unpaired) electrons. The predicted octanol–water partition coefficient (Wildman–Crippen LogP) is 3.06. The van der Waals surface area contributed by atoms with E-state index in [0.717, 1.165) is 33.4 Å². The second-order valence-electron chi connectivity index (χ2n) is 7.92. The van der Waals surface area contributed by atoms with Gasteiger partial charge in [0.05, 0.1) is 5.97 Å². The van der Waals surface area contributed by atoms with Crippen molar-refractivity contribution in [3.8, 4) is 17.9 Å². The molecule has 3 N–H and O–H groups in total. The molecular weight excluding hydrogens is 428 g/mol. The number of nitriles is 2. The number of carbonyl (C=O) groups excluding carboxylic acids is 1. The lowest BCUT2D eigenvalue weighted by molar-refractivity contribution is -0.364. The number of nitrogens with two attached hydrogens (primary N) is 1. The first-order chi connectivity index (χ1) is 16.3. The number of H-pyrrole nitrogens is 1. The average Bonchev–Trinajstić information content (AvgIpc) is 3.09. The number of nitrogens with one attached hydrogen (secondary N) is 1. The van der Waals surface area contributed by atoms with Crippen molar-refractivity contribution in [2.75, 3.05) is 5.73 Å². The van der Waals surface area contributed by atoms with E-state index in [-0.39, 0.29) is 18.0 Å². The number of nitrogens with zero attached hydrogens (tertiary/aromatic N) is 2. The van der Waals surface area contributed by atoms with Crippen LogP contribution in [0.1, 0.15) is 50.8 Å². The molecule has 1 aliphatic rings. The van der Waals surface area contributed by atoms with Gasteiger partial charge in [0.2, 0.25) is 0 Å². The summed E-state index contributed by atoms with van der Waals surface area (Å²) in [6.45, 7) is 3.92. The zero-order valence-electron chi connectivity index (χ0n) is 18.6. The third kappa shape index (κ3) is 3.99. The molecule has 0 bridgehead atoms. The van der Waals surface area contributed by atoms with Crippen LogP contribution in [0.3, 0.4) is 0 Å². The SMILES string of the molecule is CC1=C(C#N)c2[nH+]c(N)c(C#N)c(C)c2/C1=C\c1ccc(OCc2cccc(C(=O)[O-])c2)cc1. The molecule has 0 fully saturated rings. The lowest BCUT2D eigenvalue weighted by Crippen LogP contribution is -2.22. The monoisotopic (exact) mass is 448 g/mol. The fourth-order valence-corrected chi connectivity index (χ4v) is 4.05. The smallest absolute Gasteiger partial charge is 0.289 e. The maximum absolute atomic E-state index is 11.0. The lowest BCUT2D eigenvalue weighted by Gasteiger charge is -2.10. The van der Waals surface area contributed by atoms with Gasteiger partial charge in [-0.15, -0.1) is 0 Å². The zero-order chi connectivity index (χ0) is 24.4. The Labute approximate surface area is 196 Å². The van der Waals surface area contributed by atoms with Gasteiger partial charge in [-0.3, -0.25) is 5.73 Å². The molecule has 0 saturated carbocycles. The van der Waals surface area contributed by atoms with Gasteiger partial charge in [-0.05, 0) is 71.5 Å². The van der Waals surface area contributed by atoms with E-state index in [4.69, 9.17) is 10.5 Å². The van der Waals surface area contributed by atoms with Gasteiger partial charge in [-0.1, -0.05) is 30.3 Å². The zero-order valence-corrected chi connectivity index (χ0v) is 18.6. The second-order valence-corrected chi connectivity index (χ2v) is 7.92. The standard InChI is InChI=1S/C27H20N4O3/c1-15-21(24-16(2)23(13-29)26(30)31-25(24)22(15)12-28)11-17-6-8-20(9-7-17)34-14-18-4-3-5-19(10-18)27(32)33/h3-11H,14H2,1-2H3,(H2,30,31)(H,32,33)/b21-11-. The molecule has 34 heavy (non-hydrogen) atoms. The molecule has 3 aromatic rings. The van der Waals surface area contributed by atoms with Gasteiger partial charge in [0.1, 0.15) is 35.6 Å². The van der Waals surface area contributed by atoms with Gasteiger partial charge in [0, 0.05) is 5.56 Å². The third-order valence-corrected chi connectivity index (χ3v) is 5.81. The van der Waals surface area contributed by atoms with Crippen LogP contribution in [0, 0.1) is 29.6 Å². The molecule has 7 nitrogen and oxygen atoms in total. The lowest BCUT2D eigenvalue weighted by atomic mass is 9.95. The van der Waals surface area contributed by atoms with Crippen molar-refractivity contribution >= 4 is 29.0 Å². The highest BCUT2D eigenvalue weighted by atomic mass is 16.5. The normalized spacial score (nSPS) is 13.4. The third-order valence-electron chi connectivity index (χ3n) is 5.81. The Hall–Kier alpha value is -4.88. The number of hydrogen-bond acceptors (Lipinski definition) is 6. The highest BCUT2D eigenvalue weighted by molar-refractivity contribution is 6.07. The molecule has 0 atom stereocenters. The average molecular weight is 448 g/mol. The minimum Gasteiger partial charge on any atom is -0.545 e. The van der Waals surface area contributed by atoms with Crippen molar-refractivity contribution in [3.05, 3.63) is 93.2 Å². The molecule has 166 valence electrons. The number of carboxylic acids is 1. The van der Waals surface area contributed by atoms with Crippen molar-refractivity contribution in [2.24, 2.45) is 0 Å². The molecule has 7 heteroatoms. The van der Waals surface area contributed by atoms with Crippen LogP contribution in [0.25, 0.3) is 17.2 Å². The van der Waals surface area contributed by atoms with Crippen LogP contribution in [-0.2, 0) is 6.61 Å². The number of nitrogen functional groups attached to an aromatic ring is 1. The molecule has 4 rings (SSSR count). The number of aromatic carboxylic acids is 1. The van der Waals surface area contributed by atoms with E-state index >= 15 is 0 Å². The van der Waals surface area contributed by atoms with Crippen LogP contribution >= 0.6 is 0 Å². The molecule has 0 spiro atoms. The van der Waals surface area contributed by atoms with E-state index in [1.54, 1.807) is 12.1 Å². The number of anilines is 1. The maximum atomic E-state index is 11.0. The van der Waals surface area contributed by atoms with Gasteiger partial charge < -0.3 is 14.6 Å². The van der Waals surface area contributed by atoms with Crippen LogP contribution in [0.5, 0.6) is 5.75 Å². The molecule has 1 aliphatic carbocycles. The van der Waals surface area contributed by atoms with Crippen LogP contribution in [-0.4, -0.2) is 5.97 Å². The largest absolute Gasteiger partial charge is 0.545 e. The number of aromatic amines is 1. The van der Waals surface area contributed by atoms with E-state index in [2.05, 4.69) is 17.1 Å². The Kier molecular flexibility index (Phi) is 5.86. The van der Waals surface area contributed by atoms with Crippen LogP contribution in [0.4, 0.5) is 5.82 Å². The number of pyridine rings is 1. The minimum absolute atomic E-state index is 0.105. The Morgan fingerprint density at radius 1 is 1.15 bits per heavy atom. The molecule has 2 aromatic carbocycles. The summed E-state index contributed by atoms with van der Waals surface area (Å²) in [5.74, 6) is -0.358. The maximum Gasteiger partial charge on any atom is 0.289 e. The van der Waals surface area contributed by atoms with E-state index in [0.29, 0.717) is 22.6 Å². The van der Waals surface area contributed by atoms with E-state index in [9.17, 15) is 20.4 Å². The number of benzene rings is 2. The first-order valence-electron chi connectivity index (χ1n) is 10.5. The number of aromatic nitrogens is 1. The Balaban J connectivity index is 1.62. The highest BCUT2D eigenvalue weighted by Crippen LogP contribution is 2.42. The summed E-state index contributed by atoms with van der Waals surface area (Å²) < 4.78 is 5.78. The number of rotatable bonds is 5. The predicted molar refractivity (Wildman–Crippen MR) is 124 cm³/mol. The first kappa shape index (κ1) is 22.3. The molecule has 0 saturated heterocycles. The van der Waals surface area contributed by atoms with Gasteiger partial charge in [-0.25, -0.2) is 4.98 Å². The summed E-state index contributed by atoms with van der Waals surface area (Å²) in [7, 11) is 0. The summed E-state index contributed by atoms with van der Waals surface area (Å²) >= 11 is 0. The Bertz CT molecular complexity index is 1470. The highest BCUT2D eigenvalue weighted by Gasteiger charge is 2.32. The van der Waals surface area contributed by atoms with Crippen molar-refractivity contribution < 1.29 is 19.6 Å². The Morgan fingerprint density at radius 2 is 1.88 bits per heavy atom. The number of fused-ring (bicyclic) bond motifs is 1. The van der Waals surface area contributed by atoms with E-state index < -0.39 is 5.97 Å². The number of carbonyl (C=O) groups is 1. The van der Waals surface area contributed by atoms with Gasteiger partial charge in [-0.2, -0.15) is 10.5 Å². The number of carboxylic acid groups (broad SMARTS) is 1. The van der Waals surface area contributed by atoms with Crippen molar-refractivity contribution in [1.29, 1.82) is 10.5 Å². The quantitative estimate of drug-likeness (QED) is 0.637. The molecule has 1 aromatic heterocycles. The topological polar surface area (TPSA) is 137 Å². The summed E-state index contributed by atoms with van der Waals surface area (Å²) in [5, 5.41) is 30.2. The fraction of sp³-hybridized carbons (Fsp3) is 0.111. The van der Waals surface area contributed by atoms with E-state index in [1.165, 1.54) is 12.1 Å². The van der Waals surface area contributed by atoms with Crippen molar-refractivity contribution in [3.63, 3.8) is 0 Å². The fourth-order valence-electron chi connectivity index (χ4n) is 4.05. The molecule has 0 amide bonds. The summed E-state index contributed by atoms with van der Waals surface area (Å²) in [5.41, 5.74) is 12.4. The number of hydrogen-bond donors (Lipinski definition) is 1. The second kappa shape index (κ2) is 8.93. The summed E-state index contributed by atoms with van der Waals surface area (Å²) in [4.78, 5) is 14.0. The molecule has 0 aliphatic heterocycles. The summed E-state index contributed by atoms with van der Waals surface area (Å²) in [6.07, 6.45) is 1.96. The van der Waals surface area contributed by atoms with Crippen molar-refractivity contribution in [1.82, 2.24) is 0 Å². The van der Waals surface area contributed by atoms with Crippen molar-refractivity contribution in [2.45, 2.75) is 20.5 Å². The van der Waals surface area contributed by atoms with Gasteiger partial charge >= 0.3 is 0 Å². The van der Waals surface area contributed by atoms with Crippen LogP contribution in [0.15, 0.2) is 54.1 Å². The number of allylic oxidation sites excluding steroid dienone is 3. The molecule has 0 unspecified atom stereocenters. The summed E-state index contributed by atoms with van der Waals surface area (Å²) in [6, 6.07) is 18.2.